The first-order chi connectivity index (χ1) is 8.54. The van der Waals surface area contributed by atoms with Gasteiger partial charge in [-0.3, -0.25) is 9.59 Å². The molecular weight excluding hydrogens is 253 g/mol. The molecule has 1 unspecified atom stereocenters. The molecule has 3 nitrogen and oxygen atoms in total. The molecule has 1 amide bonds. The maximum Gasteiger partial charge on any atom is 0.240 e. The van der Waals surface area contributed by atoms with Gasteiger partial charge in [-0.2, -0.15) is 0 Å². The van der Waals surface area contributed by atoms with Gasteiger partial charge in [0.2, 0.25) is 5.91 Å². The van der Waals surface area contributed by atoms with E-state index in [1.807, 2.05) is 0 Å². The largest absolute Gasteiger partial charge is 0.308 e. The van der Waals surface area contributed by atoms with Gasteiger partial charge in [0.15, 0.2) is 5.78 Å². The zero-order valence-corrected chi connectivity index (χ0v) is 11.1. The van der Waals surface area contributed by atoms with Crippen LogP contribution in [0, 0.1) is 0 Å². The van der Waals surface area contributed by atoms with Crippen LogP contribution in [0.25, 0.3) is 0 Å². The Hall–Kier alpha value is -1.36. The fraction of sp³-hybridized carbons (Fsp3) is 0.385. The topological polar surface area (TPSA) is 37.4 Å². The second-order valence-electron chi connectivity index (χ2n) is 4.18. The number of halogens is 1. The van der Waals surface area contributed by atoms with E-state index in [-0.39, 0.29) is 23.5 Å². The number of hydrogen-bond donors (Lipinski definition) is 0. The van der Waals surface area contributed by atoms with E-state index < -0.39 is 6.67 Å². The molecule has 2 rings (SSSR count). The van der Waals surface area contributed by atoms with Crippen LogP contribution in [0.3, 0.4) is 0 Å². The van der Waals surface area contributed by atoms with Crippen LogP contribution in [-0.2, 0) is 4.79 Å². The van der Waals surface area contributed by atoms with E-state index >= 15 is 0 Å². The predicted octanol–water partition coefficient (Wildman–Crippen LogP) is 2.69. The van der Waals surface area contributed by atoms with Gasteiger partial charge in [0, 0.05) is 10.5 Å². The summed E-state index contributed by atoms with van der Waals surface area (Å²) in [7, 11) is 0. The number of rotatable bonds is 3. The zero-order chi connectivity index (χ0) is 13.3. The second-order valence-corrected chi connectivity index (χ2v) is 5.56. The van der Waals surface area contributed by atoms with Crippen LogP contribution >= 0.6 is 11.8 Å². The number of anilines is 1. The fourth-order valence-electron chi connectivity index (χ4n) is 1.94. The number of Topliss-reactive ketones (excluding diaryl/α,β-unsaturated/α-hetero) is 1. The third kappa shape index (κ3) is 2.27. The third-order valence-corrected chi connectivity index (χ3v) is 4.02. The number of carbonyl (C=O) groups excluding carboxylic acids is 2. The fourth-order valence-corrected chi connectivity index (χ4v) is 3.05. The Morgan fingerprint density at radius 3 is 2.83 bits per heavy atom. The SMILES string of the molecule is CC(=O)c1ccc2c(c1)SC(C)C(=O)N2CCF. The third-order valence-electron chi connectivity index (χ3n) is 2.88. The van der Waals surface area contributed by atoms with E-state index in [1.165, 1.54) is 23.6 Å². The van der Waals surface area contributed by atoms with E-state index in [0.717, 1.165) is 4.90 Å². The Morgan fingerprint density at radius 1 is 1.50 bits per heavy atom. The summed E-state index contributed by atoms with van der Waals surface area (Å²) >= 11 is 1.42. The monoisotopic (exact) mass is 267 g/mol. The van der Waals surface area contributed by atoms with Crippen LogP contribution in [0.15, 0.2) is 23.1 Å². The van der Waals surface area contributed by atoms with Crippen LogP contribution in [0.1, 0.15) is 24.2 Å². The number of benzene rings is 1. The lowest BCUT2D eigenvalue weighted by Crippen LogP contribution is -2.41. The molecule has 96 valence electrons. The van der Waals surface area contributed by atoms with Crippen LogP contribution in [0.5, 0.6) is 0 Å². The minimum absolute atomic E-state index is 0.0139. The molecule has 0 saturated carbocycles. The summed E-state index contributed by atoms with van der Waals surface area (Å²) in [6, 6.07) is 5.17. The molecule has 18 heavy (non-hydrogen) atoms. The zero-order valence-electron chi connectivity index (χ0n) is 10.3. The first-order valence-corrected chi connectivity index (χ1v) is 6.61. The summed E-state index contributed by atoms with van der Waals surface area (Å²) in [5, 5.41) is -0.244. The first kappa shape index (κ1) is 13.1. The van der Waals surface area contributed by atoms with Crippen LogP contribution in [0.2, 0.25) is 0 Å². The standard InChI is InChI=1S/C13H14FNO2S/c1-8(16)10-3-4-11-12(7-10)18-9(2)13(17)15(11)6-5-14/h3-4,7,9H,5-6H2,1-2H3. The quantitative estimate of drug-likeness (QED) is 0.790. The molecule has 0 spiro atoms. The van der Waals surface area contributed by atoms with Gasteiger partial charge in [0.05, 0.1) is 17.5 Å². The number of thioether (sulfide) groups is 1. The Balaban J connectivity index is 2.45. The van der Waals surface area contributed by atoms with E-state index in [2.05, 4.69) is 0 Å². The van der Waals surface area contributed by atoms with Gasteiger partial charge in [-0.05, 0) is 32.0 Å². The minimum atomic E-state index is -0.572. The van der Waals surface area contributed by atoms with Crippen molar-refractivity contribution in [3.8, 4) is 0 Å². The number of carbonyl (C=O) groups is 2. The summed E-state index contributed by atoms with van der Waals surface area (Å²) < 4.78 is 12.5. The molecular formula is C13H14FNO2S. The van der Waals surface area contributed by atoms with Gasteiger partial charge in [-0.15, -0.1) is 11.8 Å². The average Bonchev–Trinajstić information content (AvgIpc) is 2.34. The number of fused-ring (bicyclic) bond motifs is 1. The lowest BCUT2D eigenvalue weighted by molar-refractivity contribution is -0.118. The van der Waals surface area contributed by atoms with Crippen molar-refractivity contribution in [3.05, 3.63) is 23.8 Å². The normalized spacial score (nSPS) is 18.7. The Kier molecular flexibility index (Phi) is 3.71. The molecule has 1 aromatic rings. The van der Waals surface area contributed by atoms with Gasteiger partial charge < -0.3 is 4.90 Å². The van der Waals surface area contributed by atoms with Crippen molar-refractivity contribution in [1.29, 1.82) is 0 Å². The van der Waals surface area contributed by atoms with Gasteiger partial charge in [0.25, 0.3) is 0 Å². The van der Waals surface area contributed by atoms with Crippen LogP contribution < -0.4 is 4.90 Å². The summed E-state index contributed by atoms with van der Waals surface area (Å²) in [6.07, 6.45) is 0. The molecule has 0 bridgehead atoms. The van der Waals surface area contributed by atoms with Crippen molar-refractivity contribution in [2.75, 3.05) is 18.1 Å². The number of alkyl halides is 1. The van der Waals surface area contributed by atoms with Crippen molar-refractivity contribution in [2.45, 2.75) is 24.0 Å². The molecule has 0 aliphatic carbocycles. The van der Waals surface area contributed by atoms with Crippen LogP contribution in [-0.4, -0.2) is 30.2 Å². The number of ketones is 1. The molecule has 0 saturated heterocycles. The van der Waals surface area contributed by atoms with E-state index in [9.17, 15) is 14.0 Å². The van der Waals surface area contributed by atoms with E-state index in [1.54, 1.807) is 25.1 Å². The maximum absolute atomic E-state index is 12.5. The highest BCUT2D eigenvalue weighted by molar-refractivity contribution is 8.01. The van der Waals surface area contributed by atoms with Crippen LogP contribution in [0.4, 0.5) is 10.1 Å². The van der Waals surface area contributed by atoms with Crippen molar-refractivity contribution < 1.29 is 14.0 Å². The molecule has 1 aliphatic heterocycles. The molecule has 0 radical (unpaired) electrons. The van der Waals surface area contributed by atoms with E-state index in [0.29, 0.717) is 11.3 Å². The van der Waals surface area contributed by atoms with Crippen molar-refractivity contribution in [1.82, 2.24) is 0 Å². The Morgan fingerprint density at radius 2 is 2.22 bits per heavy atom. The van der Waals surface area contributed by atoms with Crippen molar-refractivity contribution in [2.24, 2.45) is 0 Å². The first-order valence-electron chi connectivity index (χ1n) is 5.73. The lowest BCUT2D eigenvalue weighted by atomic mass is 10.1. The maximum atomic E-state index is 12.5. The number of hydrogen-bond acceptors (Lipinski definition) is 3. The van der Waals surface area contributed by atoms with Gasteiger partial charge in [-0.25, -0.2) is 4.39 Å². The molecule has 1 aromatic carbocycles. The molecule has 1 aliphatic rings. The lowest BCUT2D eigenvalue weighted by Gasteiger charge is -2.31. The molecule has 1 atom stereocenters. The molecule has 0 N–H and O–H groups in total. The molecule has 0 aromatic heterocycles. The highest BCUT2D eigenvalue weighted by Crippen LogP contribution is 2.39. The Bertz CT molecular complexity index is 504. The molecule has 1 heterocycles. The molecule has 5 heteroatoms. The number of amides is 1. The smallest absolute Gasteiger partial charge is 0.240 e. The summed E-state index contributed by atoms with van der Waals surface area (Å²) in [6.45, 7) is 2.79. The predicted molar refractivity (Wildman–Crippen MR) is 70.1 cm³/mol. The van der Waals surface area contributed by atoms with Crippen molar-refractivity contribution >= 4 is 29.1 Å². The summed E-state index contributed by atoms with van der Waals surface area (Å²) in [5.74, 6) is -0.0966. The van der Waals surface area contributed by atoms with Gasteiger partial charge in [0.1, 0.15) is 6.67 Å². The highest BCUT2D eigenvalue weighted by Gasteiger charge is 2.30. The van der Waals surface area contributed by atoms with Crippen molar-refractivity contribution in [3.63, 3.8) is 0 Å². The number of nitrogens with zero attached hydrogens (tertiary/aromatic N) is 1. The average molecular weight is 267 g/mol. The summed E-state index contributed by atoms with van der Waals surface area (Å²) in [4.78, 5) is 25.6. The molecule has 0 fully saturated rings. The minimum Gasteiger partial charge on any atom is -0.308 e. The van der Waals surface area contributed by atoms with Gasteiger partial charge >= 0.3 is 0 Å². The Labute approximate surface area is 109 Å². The highest BCUT2D eigenvalue weighted by atomic mass is 32.2. The summed E-state index contributed by atoms with van der Waals surface area (Å²) in [5.41, 5.74) is 1.31. The van der Waals surface area contributed by atoms with Gasteiger partial charge in [-0.1, -0.05) is 0 Å². The second kappa shape index (κ2) is 5.10. The van der Waals surface area contributed by atoms with E-state index in [4.69, 9.17) is 0 Å².